The van der Waals surface area contributed by atoms with Gasteiger partial charge in [0.05, 0.1) is 6.33 Å². The van der Waals surface area contributed by atoms with E-state index in [0.29, 0.717) is 12.5 Å². The fourth-order valence-electron chi connectivity index (χ4n) is 3.17. The van der Waals surface area contributed by atoms with Gasteiger partial charge in [-0.3, -0.25) is 4.79 Å². The van der Waals surface area contributed by atoms with Crippen LogP contribution < -0.4 is 10.6 Å². The summed E-state index contributed by atoms with van der Waals surface area (Å²) in [5.41, 5.74) is 1.55. The predicted molar refractivity (Wildman–Crippen MR) is 82.1 cm³/mol. The van der Waals surface area contributed by atoms with E-state index in [1.54, 1.807) is 0 Å². The van der Waals surface area contributed by atoms with Crippen LogP contribution >= 0.6 is 0 Å². The first kappa shape index (κ1) is 14.6. The van der Waals surface area contributed by atoms with Crippen LogP contribution in [0.5, 0.6) is 0 Å². The standard InChI is InChI=1S/C16H26N4O/c1-16(6-8-17-9-7-16)14-11-18-12-20(14)10-2-3-15(21)19-13-4-5-13/h11-13,17H,2-10H2,1H3,(H,19,21). The number of amides is 1. The van der Waals surface area contributed by atoms with Crippen molar-refractivity contribution in [3.05, 3.63) is 18.2 Å². The number of rotatable bonds is 6. The van der Waals surface area contributed by atoms with Crippen LogP contribution in [0.4, 0.5) is 0 Å². The number of hydrogen-bond donors (Lipinski definition) is 2. The summed E-state index contributed by atoms with van der Waals surface area (Å²) in [7, 11) is 0. The van der Waals surface area contributed by atoms with Crippen LogP contribution in [0.3, 0.4) is 0 Å². The van der Waals surface area contributed by atoms with Crippen LogP contribution in [-0.4, -0.2) is 34.6 Å². The summed E-state index contributed by atoms with van der Waals surface area (Å²) < 4.78 is 2.25. The van der Waals surface area contributed by atoms with Gasteiger partial charge in [0, 0.05) is 36.3 Å². The fourth-order valence-corrected chi connectivity index (χ4v) is 3.17. The normalized spacial score (nSPS) is 21.2. The third-order valence-corrected chi connectivity index (χ3v) is 4.78. The monoisotopic (exact) mass is 290 g/mol. The maximum Gasteiger partial charge on any atom is 0.220 e. The number of nitrogens with one attached hydrogen (secondary N) is 2. The SMILES string of the molecule is CC1(c2cncn2CCCC(=O)NC2CC2)CCNCC1. The molecule has 21 heavy (non-hydrogen) atoms. The van der Waals surface area contributed by atoms with Gasteiger partial charge in [-0.2, -0.15) is 0 Å². The molecule has 0 atom stereocenters. The van der Waals surface area contributed by atoms with E-state index in [-0.39, 0.29) is 11.3 Å². The van der Waals surface area contributed by atoms with Crippen LogP contribution in [0, 0.1) is 0 Å². The van der Waals surface area contributed by atoms with Crippen molar-refractivity contribution >= 4 is 5.91 Å². The molecule has 2 fully saturated rings. The van der Waals surface area contributed by atoms with Crippen molar-refractivity contribution in [1.82, 2.24) is 20.2 Å². The second-order valence-electron chi connectivity index (χ2n) is 6.73. The number of piperidine rings is 1. The van der Waals surface area contributed by atoms with Crippen molar-refractivity contribution in [3.8, 4) is 0 Å². The van der Waals surface area contributed by atoms with E-state index in [9.17, 15) is 4.79 Å². The van der Waals surface area contributed by atoms with E-state index in [2.05, 4.69) is 27.1 Å². The van der Waals surface area contributed by atoms with Crippen LogP contribution in [-0.2, 0) is 16.8 Å². The molecule has 1 aliphatic carbocycles. The minimum atomic E-state index is 0.201. The number of hydrogen-bond acceptors (Lipinski definition) is 3. The Balaban J connectivity index is 1.53. The molecule has 1 aromatic heterocycles. The van der Waals surface area contributed by atoms with E-state index < -0.39 is 0 Å². The Morgan fingerprint density at radius 3 is 2.95 bits per heavy atom. The summed E-state index contributed by atoms with van der Waals surface area (Å²) >= 11 is 0. The van der Waals surface area contributed by atoms with Crippen molar-refractivity contribution in [1.29, 1.82) is 0 Å². The summed E-state index contributed by atoms with van der Waals surface area (Å²) in [5.74, 6) is 0.201. The Labute approximate surface area is 126 Å². The fraction of sp³-hybridized carbons (Fsp3) is 0.750. The Morgan fingerprint density at radius 2 is 2.24 bits per heavy atom. The maximum atomic E-state index is 11.7. The quantitative estimate of drug-likeness (QED) is 0.836. The first-order chi connectivity index (χ1) is 10.2. The molecule has 2 aliphatic rings. The van der Waals surface area contributed by atoms with Crippen molar-refractivity contribution in [2.24, 2.45) is 0 Å². The molecule has 5 nitrogen and oxygen atoms in total. The molecule has 1 aliphatic heterocycles. The Morgan fingerprint density at radius 1 is 1.48 bits per heavy atom. The molecule has 0 bridgehead atoms. The number of aryl methyl sites for hydroxylation is 1. The van der Waals surface area contributed by atoms with Crippen LogP contribution in [0.1, 0.15) is 51.1 Å². The second-order valence-corrected chi connectivity index (χ2v) is 6.73. The number of nitrogens with zero attached hydrogens (tertiary/aromatic N) is 2. The molecule has 2 heterocycles. The topological polar surface area (TPSA) is 59.0 Å². The summed E-state index contributed by atoms with van der Waals surface area (Å²) in [6, 6.07) is 0.468. The van der Waals surface area contributed by atoms with Gasteiger partial charge in [-0.1, -0.05) is 6.92 Å². The Hall–Kier alpha value is -1.36. The van der Waals surface area contributed by atoms with E-state index in [0.717, 1.165) is 51.7 Å². The molecule has 1 saturated heterocycles. The van der Waals surface area contributed by atoms with Gasteiger partial charge in [0.25, 0.3) is 0 Å². The largest absolute Gasteiger partial charge is 0.353 e. The third-order valence-electron chi connectivity index (χ3n) is 4.78. The summed E-state index contributed by atoms with van der Waals surface area (Å²) in [5, 5.41) is 6.47. The highest BCUT2D eigenvalue weighted by Crippen LogP contribution is 2.32. The molecule has 2 N–H and O–H groups in total. The summed E-state index contributed by atoms with van der Waals surface area (Å²) in [4.78, 5) is 16.1. The second kappa shape index (κ2) is 6.18. The zero-order valence-electron chi connectivity index (χ0n) is 12.9. The molecule has 0 aromatic carbocycles. The lowest BCUT2D eigenvalue weighted by Crippen LogP contribution is -2.39. The highest BCUT2D eigenvalue weighted by Gasteiger charge is 2.31. The average molecular weight is 290 g/mol. The number of carbonyl (C=O) groups is 1. The molecule has 1 aromatic rings. The molecular weight excluding hydrogens is 264 g/mol. The molecule has 3 rings (SSSR count). The molecule has 0 radical (unpaired) electrons. The van der Waals surface area contributed by atoms with Crippen LogP contribution in [0.25, 0.3) is 0 Å². The highest BCUT2D eigenvalue weighted by molar-refractivity contribution is 5.76. The van der Waals surface area contributed by atoms with E-state index in [4.69, 9.17) is 0 Å². The van der Waals surface area contributed by atoms with Crippen molar-refractivity contribution in [3.63, 3.8) is 0 Å². The minimum Gasteiger partial charge on any atom is -0.353 e. The van der Waals surface area contributed by atoms with Gasteiger partial charge in [0.1, 0.15) is 0 Å². The van der Waals surface area contributed by atoms with Crippen LogP contribution in [0.2, 0.25) is 0 Å². The van der Waals surface area contributed by atoms with Gasteiger partial charge in [0.15, 0.2) is 0 Å². The molecule has 1 amide bonds. The van der Waals surface area contributed by atoms with Crippen LogP contribution in [0.15, 0.2) is 12.5 Å². The summed E-state index contributed by atoms with van der Waals surface area (Å²) in [6.45, 7) is 5.37. The molecule has 116 valence electrons. The molecule has 1 saturated carbocycles. The van der Waals surface area contributed by atoms with Gasteiger partial charge < -0.3 is 15.2 Å². The average Bonchev–Trinajstić information content (AvgIpc) is 3.14. The first-order valence-corrected chi connectivity index (χ1v) is 8.18. The molecule has 0 unspecified atom stereocenters. The Bertz CT molecular complexity index is 486. The van der Waals surface area contributed by atoms with E-state index in [1.807, 2.05) is 12.5 Å². The van der Waals surface area contributed by atoms with Crippen molar-refractivity contribution in [2.75, 3.05) is 13.1 Å². The minimum absolute atomic E-state index is 0.201. The zero-order chi connectivity index (χ0) is 14.7. The lowest BCUT2D eigenvalue weighted by molar-refractivity contribution is -0.121. The number of carbonyl (C=O) groups excluding carboxylic acids is 1. The van der Waals surface area contributed by atoms with Gasteiger partial charge in [-0.05, 0) is 45.2 Å². The highest BCUT2D eigenvalue weighted by atomic mass is 16.1. The van der Waals surface area contributed by atoms with Crippen molar-refractivity contribution in [2.45, 2.75) is 63.5 Å². The molecule has 5 heteroatoms. The smallest absolute Gasteiger partial charge is 0.220 e. The predicted octanol–water partition coefficient (Wildman–Crippen LogP) is 1.58. The maximum absolute atomic E-state index is 11.7. The first-order valence-electron chi connectivity index (χ1n) is 8.18. The number of aromatic nitrogens is 2. The summed E-state index contributed by atoms with van der Waals surface area (Å²) in [6.07, 6.45) is 10.1. The lowest BCUT2D eigenvalue weighted by atomic mass is 9.78. The molecule has 0 spiro atoms. The van der Waals surface area contributed by atoms with Gasteiger partial charge in [-0.15, -0.1) is 0 Å². The van der Waals surface area contributed by atoms with E-state index >= 15 is 0 Å². The zero-order valence-corrected chi connectivity index (χ0v) is 12.9. The third kappa shape index (κ3) is 3.64. The van der Waals surface area contributed by atoms with Gasteiger partial charge in [-0.25, -0.2) is 4.98 Å². The lowest BCUT2D eigenvalue weighted by Gasteiger charge is -2.34. The van der Waals surface area contributed by atoms with Gasteiger partial charge in [0.2, 0.25) is 5.91 Å². The number of imidazole rings is 1. The van der Waals surface area contributed by atoms with Crippen molar-refractivity contribution < 1.29 is 4.79 Å². The van der Waals surface area contributed by atoms with E-state index in [1.165, 1.54) is 5.69 Å². The Kier molecular flexibility index (Phi) is 4.29. The van der Waals surface area contributed by atoms with Gasteiger partial charge >= 0.3 is 0 Å². The molecular formula is C16H26N4O.